The minimum absolute atomic E-state index is 0.0991. The second-order valence-corrected chi connectivity index (χ2v) is 8.30. The van der Waals surface area contributed by atoms with Gasteiger partial charge in [-0.25, -0.2) is 0 Å². The quantitative estimate of drug-likeness (QED) is 0.354. The van der Waals surface area contributed by atoms with E-state index in [0.717, 1.165) is 35.5 Å². The standard InChI is InChI=1S/C25H25N5O2S/c1-3-4-18-5-7-20(8-6-18)27-23(31)17-33-25-29-28-24(19-13-15-26-16-14-19)30(25)21-9-11-22(32-2)12-10-21/h5-16H,3-4,17H2,1-2H3,(H,27,31). The van der Waals surface area contributed by atoms with Gasteiger partial charge in [-0.3, -0.25) is 14.3 Å². The van der Waals surface area contributed by atoms with E-state index in [4.69, 9.17) is 4.74 Å². The van der Waals surface area contributed by atoms with E-state index in [1.54, 1.807) is 19.5 Å². The Bertz CT molecular complexity index is 1190. The molecular formula is C25H25N5O2S. The van der Waals surface area contributed by atoms with E-state index in [1.807, 2.05) is 65.2 Å². The smallest absolute Gasteiger partial charge is 0.234 e. The number of methoxy groups -OCH3 is 1. The molecule has 0 atom stereocenters. The van der Waals surface area contributed by atoms with E-state index in [0.29, 0.717) is 11.0 Å². The first kappa shape index (κ1) is 22.5. The third kappa shape index (κ3) is 5.59. The van der Waals surface area contributed by atoms with Gasteiger partial charge in [0.15, 0.2) is 11.0 Å². The van der Waals surface area contributed by atoms with Crippen molar-refractivity contribution in [3.63, 3.8) is 0 Å². The molecule has 0 fully saturated rings. The van der Waals surface area contributed by atoms with Crippen molar-refractivity contribution in [1.29, 1.82) is 0 Å². The van der Waals surface area contributed by atoms with E-state index in [1.165, 1.54) is 17.3 Å². The second-order valence-electron chi connectivity index (χ2n) is 7.36. The van der Waals surface area contributed by atoms with E-state index >= 15 is 0 Å². The molecule has 2 aromatic heterocycles. The summed E-state index contributed by atoms with van der Waals surface area (Å²) in [5.41, 5.74) is 3.81. The number of nitrogens with zero attached hydrogens (tertiary/aromatic N) is 4. The molecule has 1 amide bonds. The minimum atomic E-state index is -0.0991. The molecule has 4 rings (SSSR count). The van der Waals surface area contributed by atoms with Crippen molar-refractivity contribution in [1.82, 2.24) is 19.7 Å². The molecule has 0 radical (unpaired) electrons. The van der Waals surface area contributed by atoms with Gasteiger partial charge in [-0.2, -0.15) is 0 Å². The molecule has 0 saturated heterocycles. The van der Waals surface area contributed by atoms with Crippen molar-refractivity contribution in [3.8, 4) is 22.8 Å². The minimum Gasteiger partial charge on any atom is -0.497 e. The van der Waals surface area contributed by atoms with Gasteiger partial charge in [0, 0.05) is 29.3 Å². The van der Waals surface area contributed by atoms with Crippen molar-refractivity contribution < 1.29 is 9.53 Å². The lowest BCUT2D eigenvalue weighted by Gasteiger charge is -2.11. The van der Waals surface area contributed by atoms with E-state index in [9.17, 15) is 4.79 Å². The van der Waals surface area contributed by atoms with Gasteiger partial charge >= 0.3 is 0 Å². The number of thioether (sulfide) groups is 1. The van der Waals surface area contributed by atoms with Crippen LogP contribution in [0, 0.1) is 0 Å². The Kier molecular flexibility index (Phi) is 7.36. The molecule has 0 unspecified atom stereocenters. The van der Waals surface area contributed by atoms with Crippen LogP contribution in [0.5, 0.6) is 5.75 Å². The normalized spacial score (nSPS) is 10.7. The number of nitrogens with one attached hydrogen (secondary N) is 1. The zero-order chi connectivity index (χ0) is 23.0. The highest BCUT2D eigenvalue weighted by Crippen LogP contribution is 2.28. The van der Waals surface area contributed by atoms with Crippen LogP contribution in [0.15, 0.2) is 78.2 Å². The van der Waals surface area contributed by atoms with Crippen LogP contribution in [0.1, 0.15) is 18.9 Å². The number of hydrogen-bond acceptors (Lipinski definition) is 6. The first-order chi connectivity index (χ1) is 16.2. The van der Waals surface area contributed by atoms with Crippen molar-refractivity contribution >= 4 is 23.4 Å². The fourth-order valence-electron chi connectivity index (χ4n) is 3.39. The van der Waals surface area contributed by atoms with Crippen LogP contribution >= 0.6 is 11.8 Å². The number of hydrogen-bond donors (Lipinski definition) is 1. The summed E-state index contributed by atoms with van der Waals surface area (Å²) in [5, 5.41) is 12.3. The molecule has 0 spiro atoms. The predicted molar refractivity (Wildman–Crippen MR) is 131 cm³/mol. The van der Waals surface area contributed by atoms with E-state index in [2.05, 4.69) is 27.4 Å². The van der Waals surface area contributed by atoms with Gasteiger partial charge in [0.1, 0.15) is 5.75 Å². The number of pyridine rings is 1. The molecule has 0 aliphatic heterocycles. The highest BCUT2D eigenvalue weighted by molar-refractivity contribution is 7.99. The number of aryl methyl sites for hydroxylation is 1. The molecule has 0 aliphatic rings. The van der Waals surface area contributed by atoms with E-state index < -0.39 is 0 Å². The van der Waals surface area contributed by atoms with Crippen LogP contribution in [0.2, 0.25) is 0 Å². The fraction of sp³-hybridized carbons (Fsp3) is 0.200. The summed E-state index contributed by atoms with van der Waals surface area (Å²) < 4.78 is 7.22. The number of ether oxygens (including phenoxy) is 1. The lowest BCUT2D eigenvalue weighted by atomic mass is 10.1. The zero-order valence-corrected chi connectivity index (χ0v) is 19.4. The van der Waals surface area contributed by atoms with Gasteiger partial charge < -0.3 is 10.1 Å². The third-order valence-corrected chi connectivity index (χ3v) is 5.94. The van der Waals surface area contributed by atoms with E-state index in [-0.39, 0.29) is 11.7 Å². The first-order valence-electron chi connectivity index (χ1n) is 10.7. The highest BCUT2D eigenvalue weighted by atomic mass is 32.2. The SMILES string of the molecule is CCCc1ccc(NC(=O)CSc2nnc(-c3ccncc3)n2-c2ccc(OC)cc2)cc1. The summed E-state index contributed by atoms with van der Waals surface area (Å²) in [5.74, 6) is 1.55. The van der Waals surface area contributed by atoms with Gasteiger partial charge in [-0.05, 0) is 60.5 Å². The number of carbonyl (C=O) groups is 1. The Morgan fingerprint density at radius 1 is 1.00 bits per heavy atom. The topological polar surface area (TPSA) is 81.9 Å². The van der Waals surface area contributed by atoms with Crippen LogP contribution in [0.25, 0.3) is 17.1 Å². The number of benzene rings is 2. The summed E-state index contributed by atoms with van der Waals surface area (Å²) in [7, 11) is 1.63. The Morgan fingerprint density at radius 3 is 2.39 bits per heavy atom. The number of aromatic nitrogens is 4. The Hall–Kier alpha value is -3.65. The Morgan fingerprint density at radius 2 is 1.73 bits per heavy atom. The van der Waals surface area contributed by atoms with Gasteiger partial charge in [0.2, 0.25) is 5.91 Å². The van der Waals surface area contributed by atoms with Crippen LogP contribution in [-0.2, 0) is 11.2 Å². The van der Waals surface area contributed by atoms with Crippen LogP contribution in [-0.4, -0.2) is 38.5 Å². The maximum atomic E-state index is 12.6. The molecule has 8 heteroatoms. The largest absolute Gasteiger partial charge is 0.497 e. The lowest BCUT2D eigenvalue weighted by molar-refractivity contribution is -0.113. The van der Waals surface area contributed by atoms with Crippen molar-refractivity contribution in [2.24, 2.45) is 0 Å². The molecule has 0 aliphatic carbocycles. The number of carbonyl (C=O) groups excluding carboxylic acids is 1. The predicted octanol–water partition coefficient (Wildman–Crippen LogP) is 5.02. The molecule has 168 valence electrons. The zero-order valence-electron chi connectivity index (χ0n) is 18.6. The molecule has 1 N–H and O–H groups in total. The molecule has 33 heavy (non-hydrogen) atoms. The van der Waals surface area contributed by atoms with Gasteiger partial charge in [-0.15, -0.1) is 10.2 Å². The molecule has 7 nitrogen and oxygen atoms in total. The Balaban J connectivity index is 1.53. The van der Waals surface area contributed by atoms with Crippen LogP contribution in [0.4, 0.5) is 5.69 Å². The second kappa shape index (κ2) is 10.8. The average Bonchev–Trinajstić information content (AvgIpc) is 3.29. The third-order valence-electron chi connectivity index (χ3n) is 5.01. The van der Waals surface area contributed by atoms with Crippen molar-refractivity contribution in [2.75, 3.05) is 18.2 Å². The summed E-state index contributed by atoms with van der Waals surface area (Å²) in [6, 6.07) is 19.4. The van der Waals surface area contributed by atoms with Crippen LogP contribution in [0.3, 0.4) is 0 Å². The fourth-order valence-corrected chi connectivity index (χ4v) is 4.14. The molecular weight excluding hydrogens is 434 g/mol. The van der Waals surface area contributed by atoms with Crippen molar-refractivity contribution in [3.05, 3.63) is 78.6 Å². The molecule has 0 bridgehead atoms. The maximum Gasteiger partial charge on any atom is 0.234 e. The molecule has 2 heterocycles. The van der Waals surface area contributed by atoms with Crippen molar-refractivity contribution in [2.45, 2.75) is 24.9 Å². The first-order valence-corrected chi connectivity index (χ1v) is 11.7. The van der Waals surface area contributed by atoms with Gasteiger partial charge in [0.05, 0.1) is 12.9 Å². The summed E-state index contributed by atoms with van der Waals surface area (Å²) in [6.07, 6.45) is 5.56. The molecule has 0 saturated carbocycles. The lowest BCUT2D eigenvalue weighted by Crippen LogP contribution is -2.14. The molecule has 2 aromatic carbocycles. The summed E-state index contributed by atoms with van der Waals surface area (Å²) in [4.78, 5) is 16.7. The van der Waals surface area contributed by atoms with Gasteiger partial charge in [-0.1, -0.05) is 37.2 Å². The number of anilines is 1. The highest BCUT2D eigenvalue weighted by Gasteiger charge is 2.17. The number of amides is 1. The average molecular weight is 460 g/mol. The Labute approximate surface area is 197 Å². The summed E-state index contributed by atoms with van der Waals surface area (Å²) in [6.45, 7) is 2.15. The monoisotopic (exact) mass is 459 g/mol. The maximum absolute atomic E-state index is 12.6. The van der Waals surface area contributed by atoms with Gasteiger partial charge in [0.25, 0.3) is 0 Å². The summed E-state index contributed by atoms with van der Waals surface area (Å²) >= 11 is 1.34. The van der Waals surface area contributed by atoms with Crippen LogP contribution < -0.4 is 10.1 Å². The molecule has 4 aromatic rings. The number of rotatable bonds is 9.